The average molecular weight is 257 g/mol. The van der Waals surface area contributed by atoms with Crippen LogP contribution >= 0.6 is 11.6 Å². The first-order chi connectivity index (χ1) is 8.22. The van der Waals surface area contributed by atoms with Crippen molar-refractivity contribution in [3.05, 3.63) is 12.4 Å². The molecule has 0 aliphatic rings. The van der Waals surface area contributed by atoms with Crippen molar-refractivity contribution in [1.82, 2.24) is 25.0 Å². The van der Waals surface area contributed by atoms with E-state index in [0.29, 0.717) is 18.8 Å². The molecule has 0 fully saturated rings. The van der Waals surface area contributed by atoms with Gasteiger partial charge in [0.2, 0.25) is 0 Å². The van der Waals surface area contributed by atoms with Gasteiger partial charge in [-0.25, -0.2) is 0 Å². The summed E-state index contributed by atoms with van der Waals surface area (Å²) in [5.74, 6) is 0.786. The Bertz CT molecular complexity index is 489. The summed E-state index contributed by atoms with van der Waals surface area (Å²) < 4.78 is 6.61. The minimum atomic E-state index is -0.100. The second-order valence-electron chi connectivity index (χ2n) is 3.65. The highest BCUT2D eigenvalue weighted by atomic mass is 35.5. The molecular formula is C9H13ClN6O. The van der Waals surface area contributed by atoms with Crippen LogP contribution in [0.5, 0.6) is 0 Å². The largest absolute Gasteiger partial charge is 0.383 e. The van der Waals surface area contributed by atoms with Crippen molar-refractivity contribution in [3.8, 4) is 0 Å². The number of ether oxygens (including phenoxy) is 1. The van der Waals surface area contributed by atoms with Crippen molar-refractivity contribution >= 4 is 23.1 Å². The number of hydrogen-bond donors (Lipinski definition) is 0. The molecule has 17 heavy (non-hydrogen) atoms. The maximum atomic E-state index is 6.10. The fraction of sp³-hybridized carbons (Fsp3) is 0.556. The second kappa shape index (κ2) is 5.24. The molecule has 0 amide bonds. The molecule has 0 N–H and O–H groups in total. The monoisotopic (exact) mass is 256 g/mol. The summed E-state index contributed by atoms with van der Waals surface area (Å²) in [7, 11) is 3.53. The lowest BCUT2D eigenvalue weighted by Gasteiger charge is -2.21. The van der Waals surface area contributed by atoms with Crippen LogP contribution in [0.4, 0.5) is 5.82 Å². The second-order valence-corrected chi connectivity index (χ2v) is 4.26. The van der Waals surface area contributed by atoms with Crippen molar-refractivity contribution < 1.29 is 4.74 Å². The van der Waals surface area contributed by atoms with Crippen LogP contribution in [0.25, 0.3) is 5.65 Å². The third-order valence-corrected chi connectivity index (χ3v) is 2.57. The molecule has 2 heterocycles. The van der Waals surface area contributed by atoms with Crippen LogP contribution in [0.2, 0.25) is 0 Å². The lowest BCUT2D eigenvalue weighted by Crippen LogP contribution is -2.30. The lowest BCUT2D eigenvalue weighted by molar-refractivity contribution is 0.199. The molecule has 0 aliphatic heterocycles. The Labute approximate surface area is 103 Å². The third kappa shape index (κ3) is 2.62. The molecule has 2 aromatic heterocycles. The van der Waals surface area contributed by atoms with Gasteiger partial charge in [0, 0.05) is 20.7 Å². The molecule has 8 heteroatoms. The number of aromatic nitrogens is 5. The van der Waals surface area contributed by atoms with E-state index in [0.717, 1.165) is 5.82 Å². The van der Waals surface area contributed by atoms with E-state index in [-0.39, 0.29) is 5.38 Å². The molecular weight excluding hydrogens is 244 g/mol. The van der Waals surface area contributed by atoms with Gasteiger partial charge in [-0.2, -0.15) is 4.52 Å². The van der Waals surface area contributed by atoms with E-state index >= 15 is 0 Å². The molecule has 0 spiro atoms. The highest BCUT2D eigenvalue weighted by Crippen LogP contribution is 2.12. The standard InChI is InChI=1S/C9H13ClN6O/c1-15(5-7(10)6-17-2)9-4-11-3-8-12-13-14-16(8)9/h3-4,7H,5-6H2,1-2H3. The van der Waals surface area contributed by atoms with Crippen LogP contribution in [-0.4, -0.2) is 57.7 Å². The van der Waals surface area contributed by atoms with E-state index in [9.17, 15) is 0 Å². The fourth-order valence-corrected chi connectivity index (χ4v) is 1.88. The number of hydrogen-bond acceptors (Lipinski definition) is 6. The Balaban J connectivity index is 2.18. The number of halogens is 1. The average Bonchev–Trinajstić information content (AvgIpc) is 2.76. The first kappa shape index (κ1) is 12.0. The van der Waals surface area contributed by atoms with Crippen molar-refractivity contribution in [2.75, 3.05) is 32.2 Å². The summed E-state index contributed by atoms with van der Waals surface area (Å²) in [6, 6.07) is 0. The number of anilines is 1. The van der Waals surface area contributed by atoms with Crippen molar-refractivity contribution in [3.63, 3.8) is 0 Å². The minimum Gasteiger partial charge on any atom is -0.383 e. The summed E-state index contributed by atoms with van der Waals surface area (Å²) in [4.78, 5) is 6.02. The predicted molar refractivity (Wildman–Crippen MR) is 63.4 cm³/mol. The SMILES string of the molecule is COCC(Cl)CN(C)c1cncc2nnnn12. The van der Waals surface area contributed by atoms with Crippen LogP contribution in [0, 0.1) is 0 Å². The maximum absolute atomic E-state index is 6.10. The summed E-state index contributed by atoms with van der Waals surface area (Å²) in [6.07, 6.45) is 3.30. The summed E-state index contributed by atoms with van der Waals surface area (Å²) in [5, 5.41) is 11.2. The van der Waals surface area contributed by atoms with Crippen molar-refractivity contribution in [1.29, 1.82) is 0 Å². The third-order valence-electron chi connectivity index (χ3n) is 2.30. The van der Waals surface area contributed by atoms with Crippen LogP contribution in [0.15, 0.2) is 12.4 Å². The van der Waals surface area contributed by atoms with E-state index in [1.54, 1.807) is 24.0 Å². The van der Waals surface area contributed by atoms with Gasteiger partial charge in [-0.15, -0.1) is 16.7 Å². The smallest absolute Gasteiger partial charge is 0.199 e. The Morgan fingerprint density at radius 2 is 2.35 bits per heavy atom. The van der Waals surface area contributed by atoms with E-state index in [4.69, 9.17) is 16.3 Å². The van der Waals surface area contributed by atoms with Gasteiger partial charge in [0.25, 0.3) is 0 Å². The molecule has 7 nitrogen and oxygen atoms in total. The number of tetrazole rings is 1. The molecule has 0 bridgehead atoms. The molecule has 0 saturated heterocycles. The Hall–Kier alpha value is -1.47. The topological polar surface area (TPSA) is 68.4 Å². The van der Waals surface area contributed by atoms with E-state index < -0.39 is 0 Å². The Morgan fingerprint density at radius 3 is 3.12 bits per heavy atom. The van der Waals surface area contributed by atoms with Crippen LogP contribution in [0.3, 0.4) is 0 Å². The number of fused-ring (bicyclic) bond motifs is 1. The van der Waals surface area contributed by atoms with Gasteiger partial charge in [-0.3, -0.25) is 4.98 Å². The lowest BCUT2D eigenvalue weighted by atomic mass is 10.4. The Morgan fingerprint density at radius 1 is 1.53 bits per heavy atom. The number of nitrogens with zero attached hydrogens (tertiary/aromatic N) is 6. The van der Waals surface area contributed by atoms with Gasteiger partial charge in [0.1, 0.15) is 0 Å². The zero-order valence-electron chi connectivity index (χ0n) is 9.62. The fourth-order valence-electron chi connectivity index (χ4n) is 1.55. The summed E-state index contributed by atoms with van der Waals surface area (Å²) in [5.41, 5.74) is 0.604. The molecule has 2 aromatic rings. The molecule has 1 atom stereocenters. The number of rotatable bonds is 5. The maximum Gasteiger partial charge on any atom is 0.199 e. The van der Waals surface area contributed by atoms with E-state index in [2.05, 4.69) is 20.5 Å². The number of methoxy groups -OCH3 is 1. The molecule has 2 rings (SSSR count). The highest BCUT2D eigenvalue weighted by molar-refractivity contribution is 6.21. The normalized spacial score (nSPS) is 12.9. The zero-order valence-corrected chi connectivity index (χ0v) is 10.4. The van der Waals surface area contributed by atoms with Gasteiger partial charge in [-0.05, 0) is 10.4 Å². The molecule has 92 valence electrons. The van der Waals surface area contributed by atoms with E-state index in [1.807, 2.05) is 11.9 Å². The van der Waals surface area contributed by atoms with Gasteiger partial charge >= 0.3 is 0 Å². The van der Waals surface area contributed by atoms with Gasteiger partial charge < -0.3 is 9.64 Å². The van der Waals surface area contributed by atoms with Crippen molar-refractivity contribution in [2.24, 2.45) is 0 Å². The van der Waals surface area contributed by atoms with Crippen LogP contribution in [-0.2, 0) is 4.74 Å². The molecule has 0 radical (unpaired) electrons. The Kier molecular flexibility index (Phi) is 3.70. The summed E-state index contributed by atoms with van der Waals surface area (Å²) >= 11 is 6.10. The van der Waals surface area contributed by atoms with Gasteiger partial charge in [0.05, 0.1) is 24.4 Å². The van der Waals surface area contributed by atoms with Crippen molar-refractivity contribution in [2.45, 2.75) is 5.38 Å². The number of alkyl halides is 1. The highest BCUT2D eigenvalue weighted by Gasteiger charge is 2.13. The molecule has 0 saturated carbocycles. The summed E-state index contributed by atoms with van der Waals surface area (Å²) in [6.45, 7) is 1.11. The molecule has 0 aromatic carbocycles. The van der Waals surface area contributed by atoms with Crippen LogP contribution < -0.4 is 4.90 Å². The van der Waals surface area contributed by atoms with Crippen LogP contribution in [0.1, 0.15) is 0 Å². The van der Waals surface area contributed by atoms with Gasteiger partial charge in [0.15, 0.2) is 11.5 Å². The molecule has 1 unspecified atom stereocenters. The minimum absolute atomic E-state index is 0.100. The van der Waals surface area contributed by atoms with Gasteiger partial charge in [-0.1, -0.05) is 0 Å². The van der Waals surface area contributed by atoms with E-state index in [1.165, 1.54) is 0 Å². The molecule has 0 aliphatic carbocycles. The predicted octanol–water partition coefficient (Wildman–Crippen LogP) is 0.209. The first-order valence-electron chi connectivity index (χ1n) is 5.08. The zero-order chi connectivity index (χ0) is 12.3. The quantitative estimate of drug-likeness (QED) is 0.713. The first-order valence-corrected chi connectivity index (χ1v) is 5.52.